The number of thiocarbonyl (C=S) groups is 1. The number of rotatable bonds is 5. The molecule has 0 fully saturated rings. The number of thiophene rings is 1. The molecule has 0 bridgehead atoms. The molecule has 0 unspecified atom stereocenters. The Hall–Kier alpha value is -2.50. The highest BCUT2D eigenvalue weighted by Crippen LogP contribution is 2.21. The Bertz CT molecular complexity index is 887. The SMILES string of the molecule is CCc1cccc(NC(=S)C(=C([O-])c2cccs2)[n+]2ccccc2)c1. The summed E-state index contributed by atoms with van der Waals surface area (Å²) < 4.78 is 1.76. The van der Waals surface area contributed by atoms with Crippen LogP contribution in [0.3, 0.4) is 0 Å². The Morgan fingerprint density at radius 1 is 1.12 bits per heavy atom. The molecule has 0 aliphatic carbocycles. The molecule has 0 saturated carbocycles. The van der Waals surface area contributed by atoms with Crippen molar-refractivity contribution in [2.75, 3.05) is 5.32 Å². The maximum Gasteiger partial charge on any atom is 0.239 e. The summed E-state index contributed by atoms with van der Waals surface area (Å²) in [5.41, 5.74) is 2.55. The van der Waals surface area contributed by atoms with E-state index in [0.717, 1.165) is 12.1 Å². The number of hydrogen-bond acceptors (Lipinski definition) is 3. The summed E-state index contributed by atoms with van der Waals surface area (Å²) in [6.07, 6.45) is 4.61. The molecule has 3 nitrogen and oxygen atoms in total. The van der Waals surface area contributed by atoms with E-state index in [-0.39, 0.29) is 5.76 Å². The summed E-state index contributed by atoms with van der Waals surface area (Å²) in [6.45, 7) is 2.11. The van der Waals surface area contributed by atoms with Crippen molar-refractivity contribution in [3.63, 3.8) is 0 Å². The van der Waals surface area contributed by atoms with Gasteiger partial charge in [-0.1, -0.05) is 43.4 Å². The number of nitrogens with one attached hydrogen (secondary N) is 1. The van der Waals surface area contributed by atoms with Crippen molar-refractivity contribution in [1.29, 1.82) is 0 Å². The van der Waals surface area contributed by atoms with E-state index in [1.54, 1.807) is 4.57 Å². The topological polar surface area (TPSA) is 39.0 Å². The van der Waals surface area contributed by atoms with Gasteiger partial charge in [-0.3, -0.25) is 0 Å². The van der Waals surface area contributed by atoms with Gasteiger partial charge in [0.2, 0.25) is 5.70 Å². The first kappa shape index (κ1) is 17.3. The number of pyridine rings is 1. The molecular formula is C20H18N2OS2. The molecule has 0 aliphatic rings. The van der Waals surface area contributed by atoms with Crippen molar-refractivity contribution >= 4 is 45.7 Å². The van der Waals surface area contributed by atoms with Crippen LogP contribution in [0.4, 0.5) is 5.69 Å². The first-order valence-electron chi connectivity index (χ1n) is 8.01. The minimum absolute atomic E-state index is 0.0876. The Kier molecular flexibility index (Phi) is 5.58. The van der Waals surface area contributed by atoms with Crippen LogP contribution in [-0.2, 0) is 6.42 Å². The van der Waals surface area contributed by atoms with Crippen molar-refractivity contribution < 1.29 is 9.67 Å². The second-order valence-electron chi connectivity index (χ2n) is 5.45. The van der Waals surface area contributed by atoms with Crippen LogP contribution >= 0.6 is 23.6 Å². The van der Waals surface area contributed by atoms with E-state index in [2.05, 4.69) is 24.4 Å². The van der Waals surface area contributed by atoms with Gasteiger partial charge >= 0.3 is 0 Å². The molecule has 0 radical (unpaired) electrons. The van der Waals surface area contributed by atoms with Gasteiger partial charge in [0.05, 0.1) is 0 Å². The summed E-state index contributed by atoms with van der Waals surface area (Å²) in [7, 11) is 0. The molecule has 2 aromatic heterocycles. The molecule has 0 spiro atoms. The molecular weight excluding hydrogens is 348 g/mol. The number of anilines is 1. The summed E-state index contributed by atoms with van der Waals surface area (Å²) in [6, 6.07) is 17.4. The molecule has 0 aliphatic heterocycles. The maximum absolute atomic E-state index is 13.0. The molecule has 0 saturated heterocycles. The average molecular weight is 367 g/mol. The van der Waals surface area contributed by atoms with Crippen LogP contribution in [-0.4, -0.2) is 4.99 Å². The first-order valence-corrected chi connectivity index (χ1v) is 9.30. The van der Waals surface area contributed by atoms with Gasteiger partial charge in [0.25, 0.3) is 0 Å². The monoisotopic (exact) mass is 366 g/mol. The molecule has 0 amide bonds. The fraction of sp³-hybridized carbons (Fsp3) is 0.100. The van der Waals surface area contributed by atoms with E-state index in [4.69, 9.17) is 12.2 Å². The van der Waals surface area contributed by atoms with Crippen LogP contribution in [0.25, 0.3) is 11.5 Å². The second kappa shape index (κ2) is 8.05. The van der Waals surface area contributed by atoms with Crippen LogP contribution < -0.4 is 15.0 Å². The van der Waals surface area contributed by atoms with E-state index >= 15 is 0 Å². The van der Waals surface area contributed by atoms with Crippen molar-refractivity contribution in [3.05, 3.63) is 82.8 Å². The molecule has 3 rings (SSSR count). The Morgan fingerprint density at radius 2 is 1.92 bits per heavy atom. The third-order valence-electron chi connectivity index (χ3n) is 3.74. The van der Waals surface area contributed by atoms with Gasteiger partial charge < -0.3 is 10.4 Å². The number of aryl methyl sites for hydroxylation is 1. The fourth-order valence-corrected chi connectivity index (χ4v) is 3.45. The smallest absolute Gasteiger partial charge is 0.239 e. The zero-order valence-electron chi connectivity index (χ0n) is 13.8. The third-order valence-corrected chi connectivity index (χ3v) is 4.91. The van der Waals surface area contributed by atoms with E-state index < -0.39 is 0 Å². The van der Waals surface area contributed by atoms with Crippen LogP contribution in [0, 0.1) is 0 Å². The zero-order valence-corrected chi connectivity index (χ0v) is 15.4. The molecule has 1 N–H and O–H groups in total. The molecule has 2 heterocycles. The minimum Gasteiger partial charge on any atom is -0.867 e. The molecule has 3 aromatic rings. The summed E-state index contributed by atoms with van der Waals surface area (Å²) in [4.78, 5) is 1.07. The van der Waals surface area contributed by atoms with E-state index in [1.807, 2.05) is 60.2 Å². The summed E-state index contributed by atoms with van der Waals surface area (Å²) in [5, 5.41) is 18.1. The van der Waals surface area contributed by atoms with E-state index in [0.29, 0.717) is 15.6 Å². The maximum atomic E-state index is 13.0. The molecule has 1 aromatic carbocycles. The summed E-state index contributed by atoms with van der Waals surface area (Å²) in [5.74, 6) is -0.0876. The largest absolute Gasteiger partial charge is 0.867 e. The molecule has 0 atom stereocenters. The zero-order chi connectivity index (χ0) is 17.6. The van der Waals surface area contributed by atoms with Crippen LogP contribution in [0.15, 0.2) is 72.4 Å². The Morgan fingerprint density at radius 3 is 2.60 bits per heavy atom. The van der Waals surface area contributed by atoms with Gasteiger partial charge in [0, 0.05) is 22.7 Å². The van der Waals surface area contributed by atoms with Crippen LogP contribution in [0.2, 0.25) is 0 Å². The lowest BCUT2D eigenvalue weighted by Crippen LogP contribution is -2.39. The standard InChI is InChI=1S/C20H18N2OS2/c1-2-15-8-6-9-16(14-15)21-20(24)18(22-11-4-3-5-12-22)19(23)17-10-7-13-25-17/h3-14H,2H2,1H3,(H-,21,23,24). The van der Waals surface area contributed by atoms with Gasteiger partial charge in [-0.2, -0.15) is 4.57 Å². The number of benzene rings is 1. The van der Waals surface area contributed by atoms with Crippen molar-refractivity contribution in [3.8, 4) is 0 Å². The van der Waals surface area contributed by atoms with Gasteiger partial charge in [-0.15, -0.1) is 11.3 Å². The number of aromatic nitrogens is 1. The predicted molar refractivity (Wildman–Crippen MR) is 106 cm³/mol. The van der Waals surface area contributed by atoms with E-state index in [1.165, 1.54) is 16.9 Å². The number of nitrogens with zero attached hydrogens (tertiary/aromatic N) is 1. The lowest BCUT2D eigenvalue weighted by atomic mass is 10.1. The van der Waals surface area contributed by atoms with Crippen molar-refractivity contribution in [2.45, 2.75) is 13.3 Å². The quantitative estimate of drug-likeness (QED) is 0.324. The van der Waals surface area contributed by atoms with Crippen molar-refractivity contribution in [1.82, 2.24) is 0 Å². The van der Waals surface area contributed by atoms with Crippen molar-refractivity contribution in [2.24, 2.45) is 0 Å². The Labute approximate surface area is 156 Å². The van der Waals surface area contributed by atoms with Crippen LogP contribution in [0.1, 0.15) is 17.4 Å². The molecule has 5 heteroatoms. The molecule has 25 heavy (non-hydrogen) atoms. The minimum atomic E-state index is -0.0876. The predicted octanol–water partition coefficient (Wildman–Crippen LogP) is 3.72. The van der Waals surface area contributed by atoms with Gasteiger partial charge in [0.15, 0.2) is 17.4 Å². The first-order chi connectivity index (χ1) is 12.2. The lowest BCUT2D eigenvalue weighted by Gasteiger charge is -2.15. The highest BCUT2D eigenvalue weighted by atomic mass is 32.1. The highest BCUT2D eigenvalue weighted by Gasteiger charge is 2.19. The Balaban J connectivity index is 2.00. The summed E-state index contributed by atoms with van der Waals surface area (Å²) >= 11 is 7.00. The highest BCUT2D eigenvalue weighted by molar-refractivity contribution is 7.81. The van der Waals surface area contributed by atoms with E-state index in [9.17, 15) is 5.11 Å². The van der Waals surface area contributed by atoms with Gasteiger partial charge in [0.1, 0.15) is 0 Å². The fourth-order valence-electron chi connectivity index (χ4n) is 2.47. The van der Waals surface area contributed by atoms with Gasteiger partial charge in [-0.05, 0) is 41.3 Å². The van der Waals surface area contributed by atoms with Gasteiger partial charge in [-0.25, -0.2) is 0 Å². The van der Waals surface area contributed by atoms with Crippen LogP contribution in [0.5, 0.6) is 0 Å². The third kappa shape index (κ3) is 4.13. The molecule has 126 valence electrons. The normalized spacial score (nSPS) is 11.7. The second-order valence-corrected chi connectivity index (χ2v) is 6.80. The lowest BCUT2D eigenvalue weighted by molar-refractivity contribution is -0.577. The average Bonchev–Trinajstić information content (AvgIpc) is 3.17. The number of hydrogen-bond donors (Lipinski definition) is 1.